The maximum atomic E-state index is 13.7. The van der Waals surface area contributed by atoms with Crippen molar-refractivity contribution in [3.63, 3.8) is 0 Å². The molecule has 0 radical (unpaired) electrons. The van der Waals surface area contributed by atoms with Gasteiger partial charge in [-0.2, -0.15) is 0 Å². The average molecular weight is 308 g/mol. The Balaban J connectivity index is 2.06. The molecule has 0 aliphatic carbocycles. The van der Waals surface area contributed by atoms with Crippen LogP contribution in [-0.2, 0) is 11.3 Å². The largest absolute Gasteiger partial charge is 0.444 e. The van der Waals surface area contributed by atoms with Crippen LogP contribution < -0.4 is 5.32 Å². The quantitative estimate of drug-likeness (QED) is 0.867. The molecule has 0 saturated carbocycles. The van der Waals surface area contributed by atoms with Crippen LogP contribution in [0.5, 0.6) is 0 Å². The first-order valence-electron chi connectivity index (χ1n) is 6.02. The summed E-state index contributed by atoms with van der Waals surface area (Å²) < 4.78 is 18.6. The van der Waals surface area contributed by atoms with E-state index in [1.165, 1.54) is 6.07 Å². The van der Waals surface area contributed by atoms with Crippen molar-refractivity contribution < 1.29 is 18.7 Å². The van der Waals surface area contributed by atoms with Gasteiger partial charge in [0.2, 0.25) is 0 Å². The second-order valence-electron chi connectivity index (χ2n) is 4.12. The van der Waals surface area contributed by atoms with E-state index in [1.807, 2.05) is 6.07 Å². The number of aldehydes is 1. The summed E-state index contributed by atoms with van der Waals surface area (Å²) in [5.74, 6) is -0.766. The van der Waals surface area contributed by atoms with Gasteiger partial charge in [0.15, 0.2) is 6.29 Å². The summed E-state index contributed by atoms with van der Waals surface area (Å²) in [6, 6.07) is 11.3. The summed E-state index contributed by atoms with van der Waals surface area (Å²) in [7, 11) is 0. The number of amides is 1. The van der Waals surface area contributed by atoms with Gasteiger partial charge in [0.1, 0.15) is 12.4 Å². The highest BCUT2D eigenvalue weighted by molar-refractivity contribution is 6.33. The SMILES string of the molecule is O=Cc1c(Cl)ccc(F)c1NC(=O)OCc1ccccc1. The molecule has 0 aliphatic rings. The number of carbonyl (C=O) groups is 2. The lowest BCUT2D eigenvalue weighted by Gasteiger charge is -2.10. The first kappa shape index (κ1) is 15.0. The third-order valence-electron chi connectivity index (χ3n) is 2.70. The molecule has 1 N–H and O–H groups in total. The number of carbonyl (C=O) groups excluding carboxylic acids is 2. The van der Waals surface area contributed by atoms with Crippen molar-refractivity contribution in [2.24, 2.45) is 0 Å². The van der Waals surface area contributed by atoms with Crippen LogP contribution in [-0.4, -0.2) is 12.4 Å². The van der Waals surface area contributed by atoms with Crippen molar-refractivity contribution in [3.05, 3.63) is 64.4 Å². The number of anilines is 1. The van der Waals surface area contributed by atoms with Crippen LogP contribution in [0.1, 0.15) is 15.9 Å². The van der Waals surface area contributed by atoms with Gasteiger partial charge in [-0.3, -0.25) is 10.1 Å². The van der Waals surface area contributed by atoms with Gasteiger partial charge < -0.3 is 4.74 Å². The lowest BCUT2D eigenvalue weighted by molar-refractivity contribution is 0.112. The fourth-order valence-electron chi connectivity index (χ4n) is 1.67. The minimum atomic E-state index is -0.872. The van der Waals surface area contributed by atoms with Crippen molar-refractivity contribution >= 4 is 29.7 Å². The van der Waals surface area contributed by atoms with Crippen molar-refractivity contribution in [2.75, 3.05) is 5.32 Å². The van der Waals surface area contributed by atoms with Crippen molar-refractivity contribution in [2.45, 2.75) is 6.61 Å². The van der Waals surface area contributed by atoms with Crippen molar-refractivity contribution in [1.82, 2.24) is 0 Å². The molecular weight excluding hydrogens is 297 g/mol. The molecule has 0 heterocycles. The Morgan fingerprint density at radius 2 is 1.95 bits per heavy atom. The Hall–Kier alpha value is -2.40. The maximum Gasteiger partial charge on any atom is 0.412 e. The fraction of sp³-hybridized carbons (Fsp3) is 0.0667. The highest BCUT2D eigenvalue weighted by atomic mass is 35.5. The van der Waals surface area contributed by atoms with E-state index >= 15 is 0 Å². The van der Waals surface area contributed by atoms with Gasteiger partial charge >= 0.3 is 6.09 Å². The molecule has 2 aromatic carbocycles. The number of hydrogen-bond acceptors (Lipinski definition) is 3. The zero-order valence-corrected chi connectivity index (χ0v) is 11.6. The van der Waals surface area contributed by atoms with Crippen LogP contribution in [0.2, 0.25) is 5.02 Å². The molecule has 0 aromatic heterocycles. The van der Waals surface area contributed by atoms with Gasteiger partial charge in [0.05, 0.1) is 16.3 Å². The summed E-state index contributed by atoms with van der Waals surface area (Å²) >= 11 is 5.77. The number of rotatable bonds is 4. The van der Waals surface area contributed by atoms with E-state index in [-0.39, 0.29) is 22.9 Å². The minimum Gasteiger partial charge on any atom is -0.444 e. The predicted molar refractivity (Wildman–Crippen MR) is 77.0 cm³/mol. The lowest BCUT2D eigenvalue weighted by Crippen LogP contribution is -2.16. The summed E-state index contributed by atoms with van der Waals surface area (Å²) in [5.41, 5.74) is 0.360. The first-order valence-corrected chi connectivity index (χ1v) is 6.40. The molecule has 6 heteroatoms. The Morgan fingerprint density at radius 1 is 1.24 bits per heavy atom. The maximum absolute atomic E-state index is 13.7. The van der Waals surface area contributed by atoms with Crippen LogP contribution in [0.15, 0.2) is 42.5 Å². The van der Waals surface area contributed by atoms with Crippen LogP contribution in [0.4, 0.5) is 14.9 Å². The summed E-state index contributed by atoms with van der Waals surface area (Å²) in [4.78, 5) is 22.6. The summed E-state index contributed by atoms with van der Waals surface area (Å²) in [6.45, 7) is 0.0330. The molecule has 4 nitrogen and oxygen atoms in total. The second-order valence-corrected chi connectivity index (χ2v) is 4.53. The standard InChI is InChI=1S/C15H11ClFNO3/c16-12-6-7-13(17)14(11(12)8-19)18-15(20)21-9-10-4-2-1-3-5-10/h1-8H,9H2,(H,18,20). The summed E-state index contributed by atoms with van der Waals surface area (Å²) in [5, 5.41) is 2.24. The molecule has 2 rings (SSSR count). The zero-order valence-electron chi connectivity index (χ0n) is 10.8. The number of hydrogen-bond donors (Lipinski definition) is 1. The monoisotopic (exact) mass is 307 g/mol. The van der Waals surface area contributed by atoms with Gasteiger partial charge in [-0.15, -0.1) is 0 Å². The second kappa shape index (κ2) is 6.85. The molecule has 0 spiro atoms. The normalized spacial score (nSPS) is 10.0. The van der Waals surface area contributed by atoms with Gasteiger partial charge in [0, 0.05) is 0 Å². The van der Waals surface area contributed by atoms with E-state index < -0.39 is 11.9 Å². The van der Waals surface area contributed by atoms with E-state index in [9.17, 15) is 14.0 Å². The zero-order chi connectivity index (χ0) is 15.2. The van der Waals surface area contributed by atoms with Crippen molar-refractivity contribution in [3.8, 4) is 0 Å². The summed E-state index contributed by atoms with van der Waals surface area (Å²) in [6.07, 6.45) is -0.499. The van der Waals surface area contributed by atoms with Crippen LogP contribution in [0.25, 0.3) is 0 Å². The lowest BCUT2D eigenvalue weighted by atomic mass is 10.2. The topological polar surface area (TPSA) is 55.4 Å². The molecule has 0 saturated heterocycles. The third kappa shape index (κ3) is 3.79. The minimum absolute atomic E-state index is 0.0330. The highest BCUT2D eigenvalue weighted by Gasteiger charge is 2.15. The number of nitrogens with one attached hydrogen (secondary N) is 1. The van der Waals surface area contributed by atoms with Gasteiger partial charge in [-0.25, -0.2) is 9.18 Å². The Labute approximate surface area is 125 Å². The van der Waals surface area contributed by atoms with Gasteiger partial charge in [0.25, 0.3) is 0 Å². The van der Waals surface area contributed by atoms with Crippen LogP contribution in [0, 0.1) is 5.82 Å². The molecule has 1 amide bonds. The van der Waals surface area contributed by atoms with Gasteiger partial charge in [-0.05, 0) is 17.7 Å². The highest BCUT2D eigenvalue weighted by Crippen LogP contribution is 2.26. The molecule has 0 aliphatic heterocycles. The molecule has 21 heavy (non-hydrogen) atoms. The smallest absolute Gasteiger partial charge is 0.412 e. The van der Waals surface area contributed by atoms with E-state index in [0.717, 1.165) is 11.6 Å². The fourth-order valence-corrected chi connectivity index (χ4v) is 1.87. The number of ether oxygens (including phenoxy) is 1. The Bertz CT molecular complexity index is 661. The third-order valence-corrected chi connectivity index (χ3v) is 3.03. The Kier molecular flexibility index (Phi) is 4.90. The molecule has 2 aromatic rings. The van der Waals surface area contributed by atoms with E-state index in [2.05, 4.69) is 5.32 Å². The molecular formula is C15H11ClFNO3. The van der Waals surface area contributed by atoms with Crippen molar-refractivity contribution in [1.29, 1.82) is 0 Å². The molecule has 0 fully saturated rings. The Morgan fingerprint density at radius 3 is 2.62 bits per heavy atom. The van der Waals surface area contributed by atoms with Gasteiger partial charge in [-0.1, -0.05) is 41.9 Å². The number of halogens is 2. The molecule has 0 unspecified atom stereocenters. The molecule has 0 bridgehead atoms. The van der Waals surface area contributed by atoms with E-state index in [0.29, 0.717) is 6.29 Å². The average Bonchev–Trinajstić information content (AvgIpc) is 2.50. The number of benzene rings is 2. The molecule has 0 atom stereocenters. The predicted octanol–water partition coefficient (Wildman–Crippen LogP) is 4.04. The van der Waals surface area contributed by atoms with Crippen LogP contribution in [0.3, 0.4) is 0 Å². The van der Waals surface area contributed by atoms with E-state index in [4.69, 9.17) is 16.3 Å². The van der Waals surface area contributed by atoms with E-state index in [1.54, 1.807) is 24.3 Å². The molecule has 108 valence electrons. The van der Waals surface area contributed by atoms with Crippen LogP contribution >= 0.6 is 11.6 Å². The first-order chi connectivity index (χ1) is 10.1.